The van der Waals surface area contributed by atoms with Gasteiger partial charge in [-0.1, -0.05) is 6.92 Å². The van der Waals surface area contributed by atoms with Gasteiger partial charge in [-0.15, -0.1) is 0 Å². The molecule has 0 spiro atoms. The van der Waals surface area contributed by atoms with E-state index in [0.29, 0.717) is 49.9 Å². The molecule has 4 N–H and O–H groups in total. The minimum absolute atomic E-state index is 0.0977. The number of hydrogen-bond acceptors (Lipinski definition) is 9. The van der Waals surface area contributed by atoms with E-state index in [1.54, 1.807) is 30.7 Å². The van der Waals surface area contributed by atoms with Gasteiger partial charge in [0.05, 0.1) is 53.8 Å². The lowest BCUT2D eigenvalue weighted by atomic mass is 9.89. The van der Waals surface area contributed by atoms with Crippen molar-refractivity contribution in [2.75, 3.05) is 36.5 Å². The maximum Gasteiger partial charge on any atom is 0.229 e. The van der Waals surface area contributed by atoms with Crippen molar-refractivity contribution in [3.05, 3.63) is 60.6 Å². The number of ether oxygens (including phenoxy) is 2. The van der Waals surface area contributed by atoms with Gasteiger partial charge in [-0.2, -0.15) is 9.61 Å². The lowest BCUT2D eigenvalue weighted by Gasteiger charge is -2.42. The van der Waals surface area contributed by atoms with Crippen LogP contribution in [0.15, 0.2) is 48.9 Å². The lowest BCUT2D eigenvalue weighted by Crippen LogP contribution is -2.61. The molecule has 4 aromatic rings. The number of fused-ring (bicyclic) bond motifs is 1. The number of nitrogens with two attached hydrogens (primary N) is 1. The van der Waals surface area contributed by atoms with Gasteiger partial charge in [0.25, 0.3) is 0 Å². The molecule has 11 nitrogen and oxygen atoms in total. The summed E-state index contributed by atoms with van der Waals surface area (Å²) in [5.41, 5.74) is 8.42. The second-order valence-electron chi connectivity index (χ2n) is 10.8. The first-order valence-corrected chi connectivity index (χ1v) is 13.8. The summed E-state index contributed by atoms with van der Waals surface area (Å²) < 4.78 is 42.8. The molecule has 1 aromatic carbocycles. The van der Waals surface area contributed by atoms with Gasteiger partial charge in [-0.3, -0.25) is 9.78 Å². The predicted molar refractivity (Wildman–Crippen MR) is 153 cm³/mol. The Morgan fingerprint density at radius 2 is 1.98 bits per heavy atom. The quantitative estimate of drug-likeness (QED) is 0.302. The second kappa shape index (κ2) is 11.5. The van der Waals surface area contributed by atoms with Gasteiger partial charge in [-0.05, 0) is 24.1 Å². The molecule has 1 amide bonds. The Morgan fingerprint density at radius 1 is 1.17 bits per heavy atom. The molecule has 6 rings (SSSR count). The molecule has 42 heavy (non-hydrogen) atoms. The van der Waals surface area contributed by atoms with Crippen LogP contribution in [0.3, 0.4) is 0 Å². The number of benzene rings is 1. The van der Waals surface area contributed by atoms with Gasteiger partial charge in [-0.25, -0.2) is 13.8 Å². The molecule has 13 heteroatoms. The maximum atomic E-state index is 15.2. The molecule has 1 unspecified atom stereocenters. The van der Waals surface area contributed by atoms with Crippen molar-refractivity contribution in [2.24, 2.45) is 11.7 Å². The summed E-state index contributed by atoms with van der Waals surface area (Å²) in [6.07, 6.45) is 5.40. The molecule has 2 saturated heterocycles. The Labute approximate surface area is 241 Å². The van der Waals surface area contributed by atoms with Crippen molar-refractivity contribution in [2.45, 2.75) is 38.5 Å². The van der Waals surface area contributed by atoms with Crippen molar-refractivity contribution in [3.63, 3.8) is 0 Å². The van der Waals surface area contributed by atoms with Crippen molar-refractivity contribution < 1.29 is 23.0 Å². The number of hydrogen-bond donors (Lipinski definition) is 3. The van der Waals surface area contributed by atoms with Crippen LogP contribution in [0.5, 0.6) is 5.75 Å². The maximum absolute atomic E-state index is 15.2. The molecule has 0 saturated carbocycles. The largest absolute Gasteiger partial charge is 0.488 e. The van der Waals surface area contributed by atoms with Crippen molar-refractivity contribution in [1.82, 2.24) is 24.9 Å². The smallest absolute Gasteiger partial charge is 0.229 e. The number of anilines is 3. The highest BCUT2D eigenvalue weighted by Gasteiger charge is 2.34. The van der Waals surface area contributed by atoms with Gasteiger partial charge in [0.15, 0.2) is 0 Å². The standard InChI is InChI=1S/C29H32F2N8O3/c1-16-13-38(14-23(32)28(16)35-17(2)40)26-5-7-33-12-25(26)36-29-34-11-18-3-4-24(37-39(18)29)27-21(30)9-20(10-22(27)31)42-19-6-8-41-15-19/h3-5,7,9-12,16,19,23,28H,6,8,13-15,32H2,1-2H3,(H,34,36)(H,35,40)/t16-,19?,23+,28-/m0/s1. The van der Waals surface area contributed by atoms with Gasteiger partial charge >= 0.3 is 0 Å². The number of carbonyl (C=O) groups is 1. The SMILES string of the molecule is CC(=O)N[C@@H]1[C@H](N)CN(c2ccncc2Nc2ncc3ccc(-c4c(F)cc(OC5CCOC5)cc4F)nn23)C[C@@H]1C. The van der Waals surface area contributed by atoms with Crippen LogP contribution in [-0.2, 0) is 9.53 Å². The topological polar surface area (TPSA) is 132 Å². The normalized spacial score (nSPS) is 22.4. The Kier molecular flexibility index (Phi) is 7.60. The number of nitrogens with zero attached hydrogens (tertiary/aromatic N) is 5. The average molecular weight is 579 g/mol. The van der Waals surface area contributed by atoms with Crippen LogP contribution in [0.25, 0.3) is 16.8 Å². The summed E-state index contributed by atoms with van der Waals surface area (Å²) in [7, 11) is 0. The van der Waals surface area contributed by atoms with Gasteiger partial charge in [0, 0.05) is 56.8 Å². The van der Waals surface area contributed by atoms with Gasteiger partial charge in [0.1, 0.15) is 23.5 Å². The number of amides is 1. The number of imidazole rings is 1. The zero-order valence-electron chi connectivity index (χ0n) is 23.3. The third-order valence-electron chi connectivity index (χ3n) is 7.62. The highest BCUT2D eigenvalue weighted by Crippen LogP contribution is 2.33. The molecule has 4 atom stereocenters. The first kappa shape index (κ1) is 27.8. The van der Waals surface area contributed by atoms with Crippen LogP contribution >= 0.6 is 0 Å². The Balaban J connectivity index is 1.27. The number of pyridine rings is 1. The summed E-state index contributed by atoms with van der Waals surface area (Å²) >= 11 is 0. The fraction of sp³-hybridized carbons (Fsp3) is 0.379. The minimum atomic E-state index is -0.784. The average Bonchev–Trinajstić information content (AvgIpc) is 3.60. The molecular weight excluding hydrogens is 546 g/mol. The summed E-state index contributed by atoms with van der Waals surface area (Å²) in [4.78, 5) is 22.5. The Morgan fingerprint density at radius 3 is 2.69 bits per heavy atom. The van der Waals surface area contributed by atoms with Crippen LogP contribution in [0.2, 0.25) is 0 Å². The van der Waals surface area contributed by atoms with E-state index in [0.717, 1.165) is 5.69 Å². The van der Waals surface area contributed by atoms with E-state index < -0.39 is 11.6 Å². The van der Waals surface area contributed by atoms with Gasteiger partial charge in [0.2, 0.25) is 11.9 Å². The van der Waals surface area contributed by atoms with Crippen molar-refractivity contribution in [3.8, 4) is 17.0 Å². The number of piperidine rings is 1. The third kappa shape index (κ3) is 5.57. The van der Waals surface area contributed by atoms with Gasteiger partial charge < -0.3 is 30.7 Å². The fourth-order valence-electron chi connectivity index (χ4n) is 5.65. The number of aromatic nitrogens is 4. The summed E-state index contributed by atoms with van der Waals surface area (Å²) in [6, 6.07) is 7.04. The van der Waals surface area contributed by atoms with Crippen LogP contribution in [-0.4, -0.2) is 70.0 Å². The molecule has 3 aromatic heterocycles. The monoisotopic (exact) mass is 578 g/mol. The summed E-state index contributed by atoms with van der Waals surface area (Å²) in [5, 5.41) is 10.8. The second-order valence-corrected chi connectivity index (χ2v) is 10.8. The van der Waals surface area contributed by atoms with E-state index in [9.17, 15) is 4.79 Å². The third-order valence-corrected chi connectivity index (χ3v) is 7.62. The molecule has 2 aliphatic rings. The first-order valence-electron chi connectivity index (χ1n) is 13.8. The minimum Gasteiger partial charge on any atom is -0.488 e. The number of halogens is 2. The van der Waals surface area contributed by atoms with Crippen LogP contribution in [0, 0.1) is 17.6 Å². The molecule has 0 radical (unpaired) electrons. The highest BCUT2D eigenvalue weighted by atomic mass is 19.1. The zero-order chi connectivity index (χ0) is 29.4. The Bertz CT molecular complexity index is 1570. The molecular formula is C29H32F2N8O3. The highest BCUT2D eigenvalue weighted by molar-refractivity contribution is 5.75. The van der Waals surface area contributed by atoms with Crippen molar-refractivity contribution in [1.29, 1.82) is 0 Å². The van der Waals surface area contributed by atoms with E-state index in [1.807, 2.05) is 6.07 Å². The first-order chi connectivity index (χ1) is 20.3. The fourth-order valence-corrected chi connectivity index (χ4v) is 5.65. The predicted octanol–water partition coefficient (Wildman–Crippen LogP) is 3.27. The number of nitrogens with one attached hydrogen (secondary N) is 2. The number of carbonyl (C=O) groups excluding carboxylic acids is 1. The van der Waals surface area contributed by atoms with Crippen LogP contribution < -0.4 is 26.0 Å². The molecule has 2 fully saturated rings. The van der Waals surface area contributed by atoms with E-state index in [1.165, 1.54) is 23.6 Å². The molecule has 220 valence electrons. The Hall–Kier alpha value is -4.36. The summed E-state index contributed by atoms with van der Waals surface area (Å²) in [5.74, 6) is -1.13. The van der Waals surface area contributed by atoms with Crippen molar-refractivity contribution >= 4 is 28.7 Å². The number of rotatable bonds is 7. The molecule has 2 aliphatic heterocycles. The van der Waals surface area contributed by atoms with E-state index in [4.69, 9.17) is 15.2 Å². The zero-order valence-corrected chi connectivity index (χ0v) is 23.3. The van der Waals surface area contributed by atoms with Crippen LogP contribution in [0.4, 0.5) is 26.1 Å². The molecule has 0 bridgehead atoms. The van der Waals surface area contributed by atoms with E-state index >= 15 is 8.78 Å². The molecule has 5 heterocycles. The summed E-state index contributed by atoms with van der Waals surface area (Å²) in [6.45, 7) is 5.67. The lowest BCUT2D eigenvalue weighted by molar-refractivity contribution is -0.120. The van der Waals surface area contributed by atoms with Crippen LogP contribution in [0.1, 0.15) is 20.3 Å². The van der Waals surface area contributed by atoms with E-state index in [2.05, 4.69) is 37.5 Å². The van der Waals surface area contributed by atoms with E-state index in [-0.39, 0.29) is 47.0 Å². The molecule has 0 aliphatic carbocycles.